The van der Waals surface area contributed by atoms with Gasteiger partial charge in [0.25, 0.3) is 0 Å². The molecule has 1 unspecified atom stereocenters. The molecule has 0 aliphatic rings. The van der Waals surface area contributed by atoms with Crippen LogP contribution in [-0.2, 0) is 6.54 Å². The fourth-order valence-electron chi connectivity index (χ4n) is 1.84. The van der Waals surface area contributed by atoms with Gasteiger partial charge in [-0.1, -0.05) is 20.8 Å². The zero-order valence-electron chi connectivity index (χ0n) is 10.2. The van der Waals surface area contributed by atoms with Crippen LogP contribution in [0.5, 0.6) is 0 Å². The third-order valence-corrected chi connectivity index (χ3v) is 3.12. The molecule has 0 amide bonds. The van der Waals surface area contributed by atoms with Crippen LogP contribution < -0.4 is 11.3 Å². The van der Waals surface area contributed by atoms with Crippen LogP contribution in [0.15, 0.2) is 10.7 Å². The van der Waals surface area contributed by atoms with Crippen molar-refractivity contribution in [3.05, 3.63) is 16.4 Å². The van der Waals surface area contributed by atoms with Gasteiger partial charge in [0.1, 0.15) is 0 Å². The van der Waals surface area contributed by atoms with Crippen LogP contribution in [0.2, 0.25) is 0 Å². The summed E-state index contributed by atoms with van der Waals surface area (Å²) >= 11 is 3.54. The van der Waals surface area contributed by atoms with Gasteiger partial charge in [-0.15, -0.1) is 0 Å². The van der Waals surface area contributed by atoms with E-state index in [4.69, 9.17) is 5.84 Å². The summed E-state index contributed by atoms with van der Waals surface area (Å²) in [7, 11) is 0. The van der Waals surface area contributed by atoms with Crippen LogP contribution in [0.25, 0.3) is 0 Å². The molecule has 0 aliphatic carbocycles. The number of nitrogens with two attached hydrogens (primary N) is 1. The first-order chi connectivity index (χ1) is 7.60. The number of hydrazine groups is 1. The quantitative estimate of drug-likeness (QED) is 0.625. The second kappa shape index (κ2) is 6.37. The highest BCUT2D eigenvalue weighted by Gasteiger charge is 2.19. The Balaban J connectivity index is 2.93. The lowest BCUT2D eigenvalue weighted by Crippen LogP contribution is -2.31. The SMILES string of the molecule is CCCn1ncc(Br)c1C(CC(C)C)NN. The second-order valence-electron chi connectivity index (χ2n) is 4.45. The minimum absolute atomic E-state index is 0.156. The molecule has 0 aliphatic heterocycles. The smallest absolute Gasteiger partial charge is 0.0709 e. The lowest BCUT2D eigenvalue weighted by Gasteiger charge is -2.20. The van der Waals surface area contributed by atoms with Crippen molar-refractivity contribution in [1.29, 1.82) is 0 Å². The van der Waals surface area contributed by atoms with Gasteiger partial charge in [-0.05, 0) is 34.7 Å². The van der Waals surface area contributed by atoms with E-state index in [1.54, 1.807) is 0 Å². The predicted octanol–water partition coefficient (Wildman–Crippen LogP) is 2.61. The maximum absolute atomic E-state index is 5.63. The van der Waals surface area contributed by atoms with E-state index in [2.05, 4.69) is 47.2 Å². The molecule has 4 nitrogen and oxygen atoms in total. The standard InChI is InChI=1S/C11H21BrN4/c1-4-5-16-11(9(12)7-14-16)10(15-13)6-8(2)3/h7-8,10,15H,4-6,13H2,1-3H3. The van der Waals surface area contributed by atoms with Crippen molar-refractivity contribution in [3.8, 4) is 0 Å². The fraction of sp³-hybridized carbons (Fsp3) is 0.727. The molecule has 3 N–H and O–H groups in total. The van der Waals surface area contributed by atoms with Crippen molar-refractivity contribution in [3.63, 3.8) is 0 Å². The van der Waals surface area contributed by atoms with Crippen LogP contribution in [0.4, 0.5) is 0 Å². The minimum Gasteiger partial charge on any atom is -0.271 e. The van der Waals surface area contributed by atoms with Crippen molar-refractivity contribution in [2.75, 3.05) is 0 Å². The summed E-state index contributed by atoms with van der Waals surface area (Å²) < 4.78 is 3.06. The lowest BCUT2D eigenvalue weighted by atomic mass is 10.0. The number of halogens is 1. The van der Waals surface area contributed by atoms with Crippen molar-refractivity contribution in [1.82, 2.24) is 15.2 Å². The summed E-state index contributed by atoms with van der Waals surface area (Å²) in [5.74, 6) is 6.23. The molecule has 1 rings (SSSR count). The zero-order valence-corrected chi connectivity index (χ0v) is 11.8. The van der Waals surface area contributed by atoms with Gasteiger partial charge in [0, 0.05) is 6.54 Å². The van der Waals surface area contributed by atoms with Crippen LogP contribution in [0, 0.1) is 5.92 Å². The molecule has 1 aromatic rings. The number of nitrogens with one attached hydrogen (secondary N) is 1. The Bertz CT molecular complexity index is 322. The van der Waals surface area contributed by atoms with E-state index in [0.29, 0.717) is 5.92 Å². The van der Waals surface area contributed by atoms with E-state index >= 15 is 0 Å². The van der Waals surface area contributed by atoms with Crippen LogP contribution in [0.3, 0.4) is 0 Å². The molecular weight excluding hydrogens is 268 g/mol. The molecule has 16 heavy (non-hydrogen) atoms. The molecule has 1 heterocycles. The van der Waals surface area contributed by atoms with Gasteiger partial charge in [0.15, 0.2) is 0 Å². The highest BCUT2D eigenvalue weighted by atomic mass is 79.9. The fourth-order valence-corrected chi connectivity index (χ4v) is 2.41. The summed E-state index contributed by atoms with van der Waals surface area (Å²) in [4.78, 5) is 0. The summed E-state index contributed by atoms with van der Waals surface area (Å²) in [5, 5.41) is 4.36. The van der Waals surface area contributed by atoms with E-state index in [9.17, 15) is 0 Å². The average molecular weight is 289 g/mol. The number of aromatic nitrogens is 2. The van der Waals surface area contributed by atoms with Gasteiger partial charge in [-0.2, -0.15) is 5.10 Å². The van der Waals surface area contributed by atoms with Gasteiger partial charge < -0.3 is 0 Å². The molecule has 0 bridgehead atoms. The molecule has 1 atom stereocenters. The third-order valence-electron chi connectivity index (χ3n) is 2.51. The summed E-state index contributed by atoms with van der Waals surface area (Å²) in [6.07, 6.45) is 3.92. The largest absolute Gasteiger partial charge is 0.271 e. The maximum Gasteiger partial charge on any atom is 0.0709 e. The molecule has 0 aromatic carbocycles. The molecule has 0 saturated carbocycles. The first-order valence-corrected chi connectivity index (χ1v) is 6.56. The lowest BCUT2D eigenvalue weighted by molar-refractivity contribution is 0.405. The highest BCUT2D eigenvalue weighted by Crippen LogP contribution is 2.27. The Kier molecular flexibility index (Phi) is 5.44. The van der Waals surface area contributed by atoms with Crippen LogP contribution in [0.1, 0.15) is 45.3 Å². The Morgan fingerprint density at radius 2 is 2.25 bits per heavy atom. The predicted molar refractivity (Wildman–Crippen MR) is 69.7 cm³/mol. The Morgan fingerprint density at radius 3 is 2.75 bits per heavy atom. The monoisotopic (exact) mass is 288 g/mol. The molecule has 5 heteroatoms. The first kappa shape index (κ1) is 13.7. The number of nitrogens with zero attached hydrogens (tertiary/aromatic N) is 2. The first-order valence-electron chi connectivity index (χ1n) is 5.77. The van der Waals surface area contributed by atoms with E-state index in [-0.39, 0.29) is 6.04 Å². The van der Waals surface area contributed by atoms with Crippen molar-refractivity contribution in [2.24, 2.45) is 11.8 Å². The normalized spacial score (nSPS) is 13.4. The highest BCUT2D eigenvalue weighted by molar-refractivity contribution is 9.10. The molecule has 0 saturated heterocycles. The van der Waals surface area contributed by atoms with Gasteiger partial charge in [0.2, 0.25) is 0 Å². The number of hydrogen-bond acceptors (Lipinski definition) is 3. The van der Waals surface area contributed by atoms with E-state index in [1.807, 2.05) is 10.9 Å². The number of aryl methyl sites for hydroxylation is 1. The molecule has 92 valence electrons. The third kappa shape index (κ3) is 3.30. The van der Waals surface area contributed by atoms with E-state index < -0.39 is 0 Å². The average Bonchev–Trinajstić information content (AvgIpc) is 2.57. The minimum atomic E-state index is 0.156. The summed E-state index contributed by atoms with van der Waals surface area (Å²) in [6, 6.07) is 0.156. The summed E-state index contributed by atoms with van der Waals surface area (Å²) in [5.41, 5.74) is 4.04. The van der Waals surface area contributed by atoms with Crippen LogP contribution in [-0.4, -0.2) is 9.78 Å². The number of hydrogen-bond donors (Lipinski definition) is 2. The van der Waals surface area contributed by atoms with Gasteiger partial charge >= 0.3 is 0 Å². The topological polar surface area (TPSA) is 55.9 Å². The number of rotatable bonds is 6. The van der Waals surface area contributed by atoms with Gasteiger partial charge in [-0.25, -0.2) is 0 Å². The maximum atomic E-state index is 5.63. The van der Waals surface area contributed by atoms with Crippen molar-refractivity contribution < 1.29 is 0 Å². The van der Waals surface area contributed by atoms with Gasteiger partial charge in [-0.3, -0.25) is 16.0 Å². The summed E-state index contributed by atoms with van der Waals surface area (Å²) in [6.45, 7) is 7.46. The van der Waals surface area contributed by atoms with Crippen molar-refractivity contribution >= 4 is 15.9 Å². The Hall–Kier alpha value is -0.390. The zero-order chi connectivity index (χ0) is 12.1. The second-order valence-corrected chi connectivity index (χ2v) is 5.30. The molecule has 1 aromatic heterocycles. The Labute approximate surface area is 106 Å². The molecule has 0 fully saturated rings. The molecule has 0 spiro atoms. The van der Waals surface area contributed by atoms with Gasteiger partial charge in [0.05, 0.1) is 22.4 Å². The van der Waals surface area contributed by atoms with E-state index in [1.165, 1.54) is 0 Å². The molecular formula is C11H21BrN4. The molecule has 0 radical (unpaired) electrons. The van der Waals surface area contributed by atoms with Crippen LogP contribution >= 0.6 is 15.9 Å². The van der Waals surface area contributed by atoms with Crippen molar-refractivity contribution in [2.45, 2.75) is 46.2 Å². The van der Waals surface area contributed by atoms with E-state index in [0.717, 1.165) is 29.6 Å². The Morgan fingerprint density at radius 1 is 1.56 bits per heavy atom.